The topological polar surface area (TPSA) is 94.6 Å². The van der Waals surface area contributed by atoms with Gasteiger partial charge in [0, 0.05) is 17.0 Å². The smallest absolute Gasteiger partial charge is 0.226 e. The average molecular weight is 396 g/mol. The van der Waals surface area contributed by atoms with E-state index >= 15 is 0 Å². The Hall–Kier alpha value is -2.13. The summed E-state index contributed by atoms with van der Waals surface area (Å²) in [4.78, 5) is 16.6. The number of amides is 1. The molecule has 1 saturated heterocycles. The van der Waals surface area contributed by atoms with E-state index in [1.807, 2.05) is 23.6 Å². The number of carbonyl (C=O) groups is 1. The molecule has 3 rings (SSSR count). The minimum absolute atomic E-state index is 0.0205. The van der Waals surface area contributed by atoms with E-state index < -0.39 is 9.84 Å². The van der Waals surface area contributed by atoms with Crippen molar-refractivity contribution in [2.45, 2.75) is 18.9 Å². The van der Waals surface area contributed by atoms with Gasteiger partial charge in [0.15, 0.2) is 21.3 Å². The maximum Gasteiger partial charge on any atom is 0.226 e. The Bertz CT molecular complexity index is 908. The van der Waals surface area contributed by atoms with E-state index in [4.69, 9.17) is 9.47 Å². The molecule has 7 nitrogen and oxygen atoms in total. The van der Waals surface area contributed by atoms with Crippen LogP contribution in [-0.4, -0.2) is 51.1 Å². The number of carbonyl (C=O) groups excluding carboxylic acids is 1. The lowest BCUT2D eigenvalue weighted by Gasteiger charge is -2.09. The Balaban J connectivity index is 1.65. The van der Waals surface area contributed by atoms with Crippen molar-refractivity contribution in [1.82, 2.24) is 10.3 Å². The summed E-state index contributed by atoms with van der Waals surface area (Å²) in [6, 6.07) is 5.23. The molecule has 1 aliphatic heterocycles. The summed E-state index contributed by atoms with van der Waals surface area (Å²) in [6.07, 6.45) is 0.600. The molecule has 0 bridgehead atoms. The highest BCUT2D eigenvalue weighted by atomic mass is 32.2. The molecule has 26 heavy (non-hydrogen) atoms. The fourth-order valence-corrected chi connectivity index (χ4v) is 5.33. The van der Waals surface area contributed by atoms with E-state index in [0.717, 1.165) is 10.6 Å². The highest BCUT2D eigenvalue weighted by Crippen LogP contribution is 2.33. The van der Waals surface area contributed by atoms with E-state index in [-0.39, 0.29) is 29.9 Å². The van der Waals surface area contributed by atoms with Crippen molar-refractivity contribution in [1.29, 1.82) is 0 Å². The van der Waals surface area contributed by atoms with Gasteiger partial charge in [0.25, 0.3) is 0 Å². The molecule has 1 atom stereocenters. The monoisotopic (exact) mass is 396 g/mol. The Morgan fingerprint density at radius 1 is 1.31 bits per heavy atom. The standard InChI is InChI=1S/C17H20N2O5S2/c1-23-14-4-3-11(7-15(14)24-2)17-19-13(9-25-17)8-16(20)18-12-5-6-26(21,22)10-12/h3-4,7,9,12H,5-6,8,10H2,1-2H3,(H,18,20)/t12-/m0/s1. The van der Waals surface area contributed by atoms with Crippen molar-refractivity contribution in [3.05, 3.63) is 29.3 Å². The number of nitrogens with zero attached hydrogens (tertiary/aromatic N) is 1. The fraction of sp³-hybridized carbons (Fsp3) is 0.412. The number of benzene rings is 1. The van der Waals surface area contributed by atoms with Gasteiger partial charge in [-0.05, 0) is 24.6 Å². The summed E-state index contributed by atoms with van der Waals surface area (Å²) in [6.45, 7) is 0. The summed E-state index contributed by atoms with van der Waals surface area (Å²) in [7, 11) is 0.140. The molecule has 1 aromatic heterocycles. The maximum absolute atomic E-state index is 12.1. The van der Waals surface area contributed by atoms with Crippen LogP contribution in [0.1, 0.15) is 12.1 Å². The highest BCUT2D eigenvalue weighted by Gasteiger charge is 2.28. The molecule has 1 N–H and O–H groups in total. The van der Waals surface area contributed by atoms with Gasteiger partial charge in [-0.2, -0.15) is 0 Å². The van der Waals surface area contributed by atoms with E-state index in [9.17, 15) is 13.2 Å². The molecule has 2 heterocycles. The Kier molecular flexibility index (Phi) is 5.47. The first-order valence-corrected chi connectivity index (χ1v) is 10.8. The molecule has 0 aliphatic carbocycles. The number of sulfone groups is 1. The van der Waals surface area contributed by atoms with Crippen molar-refractivity contribution >= 4 is 27.1 Å². The van der Waals surface area contributed by atoms with Crippen LogP contribution in [0.3, 0.4) is 0 Å². The summed E-state index contributed by atoms with van der Waals surface area (Å²) >= 11 is 1.44. The maximum atomic E-state index is 12.1. The first-order valence-electron chi connectivity index (χ1n) is 8.07. The number of hydrogen-bond donors (Lipinski definition) is 1. The normalized spacial score (nSPS) is 18.5. The average Bonchev–Trinajstić information content (AvgIpc) is 3.20. The minimum atomic E-state index is -3.01. The van der Waals surface area contributed by atoms with Crippen LogP contribution in [0.25, 0.3) is 10.6 Å². The van der Waals surface area contributed by atoms with E-state index in [1.54, 1.807) is 14.2 Å². The summed E-state index contributed by atoms with van der Waals surface area (Å²) in [5.41, 5.74) is 1.53. The van der Waals surface area contributed by atoms with E-state index in [2.05, 4.69) is 10.3 Å². The molecule has 1 fully saturated rings. The lowest BCUT2D eigenvalue weighted by molar-refractivity contribution is -0.121. The molecule has 1 aromatic carbocycles. The van der Waals surface area contributed by atoms with Gasteiger partial charge in [-0.25, -0.2) is 13.4 Å². The molecule has 0 radical (unpaired) electrons. The first-order chi connectivity index (χ1) is 12.4. The first kappa shape index (κ1) is 18.7. The van der Waals surface area contributed by atoms with Crippen LogP contribution in [0.2, 0.25) is 0 Å². The van der Waals surface area contributed by atoms with E-state index in [1.165, 1.54) is 11.3 Å². The molecular formula is C17H20N2O5S2. The van der Waals surface area contributed by atoms with Crippen LogP contribution in [-0.2, 0) is 21.1 Å². The van der Waals surface area contributed by atoms with Gasteiger partial charge in [-0.3, -0.25) is 4.79 Å². The molecule has 0 spiro atoms. The number of thiazole rings is 1. The third kappa shape index (κ3) is 4.34. The van der Waals surface area contributed by atoms with Crippen LogP contribution in [0.15, 0.2) is 23.6 Å². The van der Waals surface area contributed by atoms with Crippen LogP contribution in [0.5, 0.6) is 11.5 Å². The zero-order valence-electron chi connectivity index (χ0n) is 14.5. The number of hydrogen-bond acceptors (Lipinski definition) is 7. The quantitative estimate of drug-likeness (QED) is 0.798. The molecule has 9 heteroatoms. The number of rotatable bonds is 6. The second-order valence-corrected chi connectivity index (χ2v) is 9.14. The zero-order chi connectivity index (χ0) is 18.7. The third-order valence-corrected chi connectivity index (χ3v) is 6.83. The van der Waals surface area contributed by atoms with Gasteiger partial charge in [0.1, 0.15) is 5.01 Å². The molecule has 140 valence electrons. The molecule has 2 aromatic rings. The summed E-state index contributed by atoms with van der Waals surface area (Å²) in [5.74, 6) is 1.20. The van der Waals surface area contributed by atoms with Gasteiger partial charge in [0.05, 0.1) is 37.8 Å². The van der Waals surface area contributed by atoms with Gasteiger partial charge in [0.2, 0.25) is 5.91 Å². The summed E-state index contributed by atoms with van der Waals surface area (Å²) in [5, 5.41) is 5.38. The van der Waals surface area contributed by atoms with Crippen LogP contribution in [0.4, 0.5) is 0 Å². The number of ether oxygens (including phenoxy) is 2. The largest absolute Gasteiger partial charge is 0.493 e. The van der Waals surface area contributed by atoms with Crippen LogP contribution < -0.4 is 14.8 Å². The minimum Gasteiger partial charge on any atom is -0.493 e. The lowest BCUT2D eigenvalue weighted by atomic mass is 10.2. The highest BCUT2D eigenvalue weighted by molar-refractivity contribution is 7.91. The van der Waals surface area contributed by atoms with Crippen molar-refractivity contribution < 1.29 is 22.7 Å². The Morgan fingerprint density at radius 3 is 2.73 bits per heavy atom. The molecule has 1 amide bonds. The number of nitrogens with one attached hydrogen (secondary N) is 1. The van der Waals surface area contributed by atoms with Crippen LogP contribution in [0, 0.1) is 0 Å². The van der Waals surface area contributed by atoms with Gasteiger partial charge >= 0.3 is 0 Å². The number of aromatic nitrogens is 1. The second kappa shape index (κ2) is 7.63. The molecule has 0 unspecified atom stereocenters. The van der Waals surface area contributed by atoms with Gasteiger partial charge in [-0.15, -0.1) is 11.3 Å². The fourth-order valence-electron chi connectivity index (χ4n) is 2.84. The Morgan fingerprint density at radius 2 is 2.08 bits per heavy atom. The SMILES string of the molecule is COc1ccc(-c2nc(CC(=O)N[C@H]3CCS(=O)(=O)C3)cs2)cc1OC. The summed E-state index contributed by atoms with van der Waals surface area (Å²) < 4.78 is 33.4. The van der Waals surface area contributed by atoms with Crippen molar-refractivity contribution in [2.75, 3.05) is 25.7 Å². The second-order valence-electron chi connectivity index (χ2n) is 6.06. The molecule has 1 aliphatic rings. The van der Waals surface area contributed by atoms with Crippen molar-refractivity contribution in [3.63, 3.8) is 0 Å². The van der Waals surface area contributed by atoms with Crippen LogP contribution >= 0.6 is 11.3 Å². The lowest BCUT2D eigenvalue weighted by Crippen LogP contribution is -2.36. The van der Waals surface area contributed by atoms with Crippen molar-refractivity contribution in [2.24, 2.45) is 0 Å². The van der Waals surface area contributed by atoms with Gasteiger partial charge in [-0.1, -0.05) is 0 Å². The third-order valence-electron chi connectivity index (χ3n) is 4.12. The predicted octanol–water partition coefficient (Wildman–Crippen LogP) is 1.67. The van der Waals surface area contributed by atoms with Crippen molar-refractivity contribution in [3.8, 4) is 22.1 Å². The Labute approximate surface area is 156 Å². The van der Waals surface area contributed by atoms with Gasteiger partial charge < -0.3 is 14.8 Å². The molecule has 0 saturated carbocycles. The predicted molar refractivity (Wildman–Crippen MR) is 99.6 cm³/mol. The zero-order valence-corrected chi connectivity index (χ0v) is 16.2. The molecular weight excluding hydrogens is 376 g/mol. The number of methoxy groups -OCH3 is 2. The van der Waals surface area contributed by atoms with E-state index in [0.29, 0.717) is 23.6 Å².